The Morgan fingerprint density at radius 2 is 1.76 bits per heavy atom. The van der Waals surface area contributed by atoms with Crippen molar-refractivity contribution in [2.24, 2.45) is 5.11 Å². The van der Waals surface area contributed by atoms with E-state index in [0.29, 0.717) is 6.42 Å². The summed E-state index contributed by atoms with van der Waals surface area (Å²) in [7, 11) is 1.41. The Bertz CT molecular complexity index is 910. The summed E-state index contributed by atoms with van der Waals surface area (Å²) in [6, 6.07) is 15.0. The topological polar surface area (TPSA) is 116 Å². The summed E-state index contributed by atoms with van der Waals surface area (Å²) in [4.78, 5) is 27.8. The van der Waals surface area contributed by atoms with Crippen LogP contribution in [-0.4, -0.2) is 48.3 Å². The van der Waals surface area contributed by atoms with Gasteiger partial charge in [0.2, 0.25) is 0 Å². The number of aliphatic carboxylic acids is 1. The van der Waals surface area contributed by atoms with Gasteiger partial charge in [0.05, 0.1) is 0 Å². The minimum Gasteiger partial charge on any atom is -0.480 e. The monoisotopic (exact) mass is 394 g/mol. The number of carbonyl (C=O) groups excluding carboxylic acids is 1. The molecule has 3 rings (SSSR count). The lowest BCUT2D eigenvalue weighted by Gasteiger charge is -2.25. The molecule has 0 fully saturated rings. The fourth-order valence-corrected chi connectivity index (χ4v) is 3.71. The Morgan fingerprint density at radius 3 is 2.31 bits per heavy atom. The average Bonchev–Trinajstić information content (AvgIpc) is 3.05. The average molecular weight is 394 g/mol. The molecule has 8 nitrogen and oxygen atoms in total. The maximum absolute atomic E-state index is 12.5. The number of carbonyl (C=O) groups is 2. The molecule has 0 bridgehead atoms. The number of carboxylic acids is 1. The van der Waals surface area contributed by atoms with Crippen molar-refractivity contribution in [1.82, 2.24) is 4.90 Å². The molecule has 2 aromatic rings. The Balaban J connectivity index is 1.68. The van der Waals surface area contributed by atoms with Crippen LogP contribution in [0.4, 0.5) is 4.79 Å². The van der Waals surface area contributed by atoms with Gasteiger partial charge < -0.3 is 9.84 Å². The molecule has 1 amide bonds. The predicted molar refractivity (Wildman–Crippen MR) is 108 cm³/mol. The lowest BCUT2D eigenvalue weighted by atomic mass is 9.98. The molecular formula is C21H22N4O4. The minimum atomic E-state index is -1.12. The first-order valence-corrected chi connectivity index (χ1v) is 9.36. The minimum absolute atomic E-state index is 0.0898. The lowest BCUT2D eigenvalue weighted by Crippen LogP contribution is -2.43. The maximum Gasteiger partial charge on any atom is 0.410 e. The fourth-order valence-electron chi connectivity index (χ4n) is 3.71. The van der Waals surface area contributed by atoms with E-state index in [1.165, 1.54) is 7.05 Å². The van der Waals surface area contributed by atoms with Crippen molar-refractivity contribution in [1.29, 1.82) is 0 Å². The van der Waals surface area contributed by atoms with Crippen molar-refractivity contribution in [3.63, 3.8) is 0 Å². The third-order valence-corrected chi connectivity index (χ3v) is 5.18. The first-order valence-electron chi connectivity index (χ1n) is 9.36. The molecule has 1 N–H and O–H groups in total. The van der Waals surface area contributed by atoms with Crippen LogP contribution in [0.3, 0.4) is 0 Å². The van der Waals surface area contributed by atoms with Gasteiger partial charge in [0.25, 0.3) is 0 Å². The summed E-state index contributed by atoms with van der Waals surface area (Å²) < 4.78 is 5.50. The number of fused-ring (bicyclic) bond motifs is 3. The van der Waals surface area contributed by atoms with Crippen molar-refractivity contribution in [3.8, 4) is 11.1 Å². The molecule has 2 aromatic carbocycles. The van der Waals surface area contributed by atoms with E-state index in [9.17, 15) is 14.7 Å². The summed E-state index contributed by atoms with van der Waals surface area (Å²) in [6.07, 6.45) is -0.153. The number of benzene rings is 2. The van der Waals surface area contributed by atoms with Gasteiger partial charge in [-0.2, -0.15) is 0 Å². The SMILES string of the molecule is CN(C(=O)OCC1c2ccccc2-c2ccccc21)[C@@H](CCCN=[N+]=[N-])C(=O)O. The van der Waals surface area contributed by atoms with Gasteiger partial charge >= 0.3 is 12.1 Å². The smallest absolute Gasteiger partial charge is 0.410 e. The van der Waals surface area contributed by atoms with Crippen LogP contribution >= 0.6 is 0 Å². The van der Waals surface area contributed by atoms with Crippen LogP contribution in [0.5, 0.6) is 0 Å². The Morgan fingerprint density at radius 1 is 1.17 bits per heavy atom. The third kappa shape index (κ3) is 4.33. The van der Waals surface area contributed by atoms with Gasteiger partial charge in [-0.3, -0.25) is 4.90 Å². The molecule has 0 unspecified atom stereocenters. The first-order chi connectivity index (χ1) is 14.0. The molecule has 0 spiro atoms. The summed E-state index contributed by atoms with van der Waals surface area (Å²) in [5, 5.41) is 12.8. The zero-order chi connectivity index (χ0) is 20.8. The first kappa shape index (κ1) is 20.2. The van der Waals surface area contributed by atoms with Crippen LogP contribution in [0.1, 0.15) is 29.9 Å². The quantitative estimate of drug-likeness (QED) is 0.309. The number of ether oxygens (including phenoxy) is 1. The molecule has 1 aliphatic carbocycles. The summed E-state index contributed by atoms with van der Waals surface area (Å²) >= 11 is 0. The van der Waals surface area contributed by atoms with E-state index < -0.39 is 18.1 Å². The van der Waals surface area contributed by atoms with Gasteiger partial charge in [-0.25, -0.2) is 9.59 Å². The highest BCUT2D eigenvalue weighted by Crippen LogP contribution is 2.44. The highest BCUT2D eigenvalue weighted by molar-refractivity contribution is 5.81. The molecule has 0 radical (unpaired) electrons. The van der Waals surface area contributed by atoms with Gasteiger partial charge in [-0.15, -0.1) is 0 Å². The van der Waals surface area contributed by atoms with Crippen LogP contribution in [-0.2, 0) is 9.53 Å². The normalized spacial score (nSPS) is 13.0. The summed E-state index contributed by atoms with van der Waals surface area (Å²) in [5.41, 5.74) is 12.7. The van der Waals surface area contributed by atoms with Crippen LogP contribution in [0.15, 0.2) is 53.6 Å². The molecule has 8 heteroatoms. The van der Waals surface area contributed by atoms with E-state index in [4.69, 9.17) is 10.3 Å². The number of likely N-dealkylation sites (N-methyl/N-ethyl adjacent to an activating group) is 1. The zero-order valence-electron chi connectivity index (χ0n) is 16.1. The molecule has 1 aliphatic rings. The van der Waals surface area contributed by atoms with Crippen molar-refractivity contribution in [2.45, 2.75) is 24.8 Å². The standard InChI is InChI=1S/C21H22N4O4/c1-25(19(20(26)27)11-6-12-23-24-22)21(28)29-13-18-16-9-4-2-7-14(16)15-8-3-5-10-17(15)18/h2-5,7-10,18-19H,6,11-13H2,1H3,(H,26,27)/t19-/m0/s1. The second-order valence-electron chi connectivity index (χ2n) is 6.87. The highest BCUT2D eigenvalue weighted by Gasteiger charge is 2.31. The lowest BCUT2D eigenvalue weighted by molar-refractivity contribution is -0.142. The van der Waals surface area contributed by atoms with Crippen LogP contribution in [0, 0.1) is 0 Å². The molecule has 0 aromatic heterocycles. The largest absolute Gasteiger partial charge is 0.480 e. The molecule has 0 heterocycles. The van der Waals surface area contributed by atoms with E-state index >= 15 is 0 Å². The van der Waals surface area contributed by atoms with Crippen molar-refractivity contribution in [2.75, 3.05) is 20.2 Å². The number of carboxylic acid groups (broad SMARTS) is 1. The Labute approximate surface area is 168 Å². The number of hydrogen-bond donors (Lipinski definition) is 1. The van der Waals surface area contributed by atoms with E-state index in [-0.39, 0.29) is 25.5 Å². The van der Waals surface area contributed by atoms with Gasteiger partial charge in [-0.1, -0.05) is 53.6 Å². The van der Waals surface area contributed by atoms with Crippen LogP contribution in [0.25, 0.3) is 21.6 Å². The molecule has 1 atom stereocenters. The second-order valence-corrected chi connectivity index (χ2v) is 6.87. The van der Waals surface area contributed by atoms with Gasteiger partial charge in [-0.05, 0) is 40.6 Å². The van der Waals surface area contributed by atoms with E-state index in [1.807, 2.05) is 48.5 Å². The van der Waals surface area contributed by atoms with Crippen LogP contribution < -0.4 is 0 Å². The molecule has 150 valence electrons. The van der Waals surface area contributed by atoms with Gasteiger partial charge in [0.15, 0.2) is 0 Å². The summed E-state index contributed by atoms with van der Waals surface area (Å²) in [5.74, 6) is -1.21. The molecule has 0 aliphatic heterocycles. The Kier molecular flexibility index (Phi) is 6.36. The van der Waals surface area contributed by atoms with Crippen molar-refractivity contribution >= 4 is 12.1 Å². The predicted octanol–water partition coefficient (Wildman–Crippen LogP) is 4.41. The van der Waals surface area contributed by atoms with Crippen LogP contribution in [0.2, 0.25) is 0 Å². The molecular weight excluding hydrogens is 372 g/mol. The van der Waals surface area contributed by atoms with Crippen molar-refractivity contribution < 1.29 is 19.4 Å². The second kappa shape index (κ2) is 9.12. The van der Waals surface area contributed by atoms with E-state index in [2.05, 4.69) is 10.0 Å². The molecule has 0 saturated heterocycles. The van der Waals surface area contributed by atoms with E-state index in [0.717, 1.165) is 27.2 Å². The van der Waals surface area contributed by atoms with Crippen molar-refractivity contribution in [3.05, 3.63) is 70.1 Å². The fraction of sp³-hybridized carbons (Fsp3) is 0.333. The number of azide groups is 1. The number of amides is 1. The zero-order valence-corrected chi connectivity index (χ0v) is 16.1. The highest BCUT2D eigenvalue weighted by atomic mass is 16.6. The van der Waals surface area contributed by atoms with Gasteiger partial charge in [0, 0.05) is 24.4 Å². The number of hydrogen-bond acceptors (Lipinski definition) is 4. The number of nitrogens with zero attached hydrogens (tertiary/aromatic N) is 4. The van der Waals surface area contributed by atoms with Gasteiger partial charge in [0.1, 0.15) is 12.6 Å². The third-order valence-electron chi connectivity index (χ3n) is 5.18. The molecule has 29 heavy (non-hydrogen) atoms. The summed E-state index contributed by atoms with van der Waals surface area (Å²) in [6.45, 7) is 0.307. The number of rotatable bonds is 8. The maximum atomic E-state index is 12.5. The Hall–Kier alpha value is -3.51. The molecule has 0 saturated carbocycles. The van der Waals surface area contributed by atoms with E-state index in [1.54, 1.807) is 0 Å².